The fourth-order valence-electron chi connectivity index (χ4n) is 7.48. The van der Waals surface area contributed by atoms with Crippen LogP contribution in [0.1, 0.15) is 188 Å². The summed E-state index contributed by atoms with van der Waals surface area (Å²) in [7, 11) is 0. The van der Waals surface area contributed by atoms with Crippen LogP contribution in [-0.2, 0) is 33.6 Å². The summed E-state index contributed by atoms with van der Waals surface area (Å²) in [4.78, 5) is 93.6. The maximum atomic E-state index is 13.8. The van der Waals surface area contributed by atoms with Gasteiger partial charge in [-0.05, 0) is 129 Å². The molecule has 7 amide bonds. The molecule has 0 aromatic heterocycles. The Balaban J connectivity index is 5.76. The van der Waals surface area contributed by atoms with Crippen LogP contribution in [0, 0.1) is 5.92 Å². The van der Waals surface area contributed by atoms with Crippen molar-refractivity contribution in [2.75, 3.05) is 26.2 Å². The molecular weight excluding hydrogens is 831 g/mol. The lowest BCUT2D eigenvalue weighted by atomic mass is 10.0. The lowest BCUT2D eigenvalue weighted by Gasteiger charge is -2.27. The maximum Gasteiger partial charge on any atom is 0.243 e. The van der Waals surface area contributed by atoms with Crippen molar-refractivity contribution in [1.82, 2.24) is 31.9 Å². The Morgan fingerprint density at radius 3 is 1.12 bits per heavy atom. The van der Waals surface area contributed by atoms with Crippen molar-refractivity contribution < 1.29 is 33.6 Å². The lowest BCUT2D eigenvalue weighted by Crippen LogP contribution is -2.59. The van der Waals surface area contributed by atoms with Crippen molar-refractivity contribution in [1.29, 1.82) is 0 Å². The van der Waals surface area contributed by atoms with E-state index in [4.69, 9.17) is 28.7 Å². The van der Waals surface area contributed by atoms with Crippen LogP contribution < -0.4 is 60.6 Å². The van der Waals surface area contributed by atoms with Gasteiger partial charge in [0.2, 0.25) is 41.4 Å². The van der Waals surface area contributed by atoms with Crippen LogP contribution in [0.15, 0.2) is 0 Å². The number of hydrogen-bond donors (Lipinski definition) is 11. The number of primary amides is 1. The van der Waals surface area contributed by atoms with Gasteiger partial charge in [-0.2, -0.15) is 0 Å². The van der Waals surface area contributed by atoms with E-state index in [0.29, 0.717) is 90.4 Å². The number of amides is 7. The quantitative estimate of drug-likeness (QED) is 0.0396. The van der Waals surface area contributed by atoms with Crippen molar-refractivity contribution >= 4 is 41.4 Å². The van der Waals surface area contributed by atoms with E-state index in [0.717, 1.165) is 25.7 Å². The van der Waals surface area contributed by atoms with E-state index in [1.807, 2.05) is 13.8 Å². The Kier molecular flexibility index (Phi) is 37.0. The summed E-state index contributed by atoms with van der Waals surface area (Å²) in [6, 6.07) is -6.11. The molecule has 65 heavy (non-hydrogen) atoms. The average Bonchev–Trinajstić information content (AvgIpc) is 3.26. The summed E-state index contributed by atoms with van der Waals surface area (Å²) in [5.41, 5.74) is 28.3. The highest BCUT2D eigenvalue weighted by atomic mass is 16.2. The average molecular weight is 924 g/mol. The van der Waals surface area contributed by atoms with Crippen LogP contribution in [0.2, 0.25) is 0 Å². The molecule has 0 spiro atoms. The Labute approximate surface area is 391 Å². The third kappa shape index (κ3) is 30.9. The Hall–Kier alpha value is -3.87. The molecule has 0 heterocycles. The zero-order valence-corrected chi connectivity index (χ0v) is 40.8. The van der Waals surface area contributed by atoms with E-state index < -0.39 is 71.7 Å². The normalized spacial score (nSPS) is 14.0. The van der Waals surface area contributed by atoms with Crippen LogP contribution >= 0.6 is 0 Å². The van der Waals surface area contributed by atoms with E-state index in [9.17, 15) is 33.6 Å². The predicted molar refractivity (Wildman–Crippen MR) is 259 cm³/mol. The van der Waals surface area contributed by atoms with Gasteiger partial charge in [0, 0.05) is 6.42 Å². The first kappa shape index (κ1) is 61.1. The van der Waals surface area contributed by atoms with Crippen molar-refractivity contribution in [3.05, 3.63) is 0 Å². The van der Waals surface area contributed by atoms with Crippen LogP contribution in [0.3, 0.4) is 0 Å². The fraction of sp³-hybridized carbons (Fsp3) is 0.851. The number of hydrogen-bond acceptors (Lipinski definition) is 11. The first-order chi connectivity index (χ1) is 31.1. The van der Waals surface area contributed by atoms with Crippen molar-refractivity contribution in [3.8, 4) is 0 Å². The van der Waals surface area contributed by atoms with Crippen molar-refractivity contribution in [2.45, 2.75) is 224 Å². The topological polar surface area (TPSA) is 322 Å². The van der Waals surface area contributed by atoms with Gasteiger partial charge >= 0.3 is 0 Å². The second-order valence-corrected chi connectivity index (χ2v) is 18.1. The van der Waals surface area contributed by atoms with Crippen molar-refractivity contribution in [2.24, 2.45) is 34.6 Å². The van der Waals surface area contributed by atoms with Crippen LogP contribution in [0.5, 0.6) is 0 Å². The van der Waals surface area contributed by atoms with Gasteiger partial charge in [0.1, 0.15) is 36.3 Å². The Morgan fingerprint density at radius 2 is 0.723 bits per heavy atom. The minimum atomic E-state index is -1.13. The molecule has 16 N–H and O–H groups in total. The maximum absolute atomic E-state index is 13.8. The molecule has 0 aliphatic heterocycles. The largest absolute Gasteiger partial charge is 0.368 e. The van der Waals surface area contributed by atoms with Crippen molar-refractivity contribution in [3.63, 3.8) is 0 Å². The molecule has 18 nitrogen and oxygen atoms in total. The minimum absolute atomic E-state index is 0.0173. The first-order valence-corrected chi connectivity index (χ1v) is 25.1. The third-order valence-electron chi connectivity index (χ3n) is 11.5. The number of carbonyl (C=O) groups excluding carboxylic acids is 7. The van der Waals surface area contributed by atoms with Gasteiger partial charge in [0.15, 0.2) is 0 Å². The predicted octanol–water partition coefficient (Wildman–Crippen LogP) is 2.66. The van der Waals surface area contributed by atoms with Gasteiger partial charge in [-0.25, -0.2) is 0 Å². The summed E-state index contributed by atoms with van der Waals surface area (Å²) in [6.07, 6.45) is 19.0. The van der Waals surface area contributed by atoms with Crippen LogP contribution in [0.4, 0.5) is 0 Å². The first-order valence-electron chi connectivity index (χ1n) is 25.1. The Morgan fingerprint density at radius 1 is 0.385 bits per heavy atom. The molecule has 0 radical (unpaired) electrons. The molecule has 0 aromatic rings. The molecule has 0 aromatic carbocycles. The number of rotatable bonds is 42. The fourth-order valence-corrected chi connectivity index (χ4v) is 7.48. The minimum Gasteiger partial charge on any atom is -0.368 e. The molecule has 0 bridgehead atoms. The molecule has 0 aliphatic rings. The number of carbonyl (C=O) groups is 7. The van der Waals surface area contributed by atoms with Crippen LogP contribution in [0.25, 0.3) is 0 Å². The van der Waals surface area contributed by atoms with E-state index in [-0.39, 0.29) is 37.5 Å². The molecule has 378 valence electrons. The molecular formula is C47H93N11O7. The highest BCUT2D eigenvalue weighted by molar-refractivity contribution is 5.96. The summed E-state index contributed by atoms with van der Waals surface area (Å²) < 4.78 is 0. The molecule has 0 unspecified atom stereocenters. The highest BCUT2D eigenvalue weighted by Crippen LogP contribution is 2.14. The molecule has 0 rings (SSSR count). The SMILES string of the molecule is CCCCCCCCCCCCCC(=O)N[C@@H](CCCCN)C(=O)N[C@@H](CC(C)C)C(=O)N[C@@H](C)C(=O)N[C@@H](CCCCN)C(=O)N[C@@H](CCCCN)C(=O)N[C@@H](CCCCN)C(N)=O. The zero-order chi connectivity index (χ0) is 48.8. The highest BCUT2D eigenvalue weighted by Gasteiger charge is 2.32. The van der Waals surface area contributed by atoms with E-state index >= 15 is 0 Å². The van der Waals surface area contributed by atoms with Gasteiger partial charge in [0.25, 0.3) is 0 Å². The summed E-state index contributed by atoms with van der Waals surface area (Å²) >= 11 is 0. The van der Waals surface area contributed by atoms with Gasteiger partial charge in [0.05, 0.1) is 0 Å². The Bertz CT molecular complexity index is 1340. The monoisotopic (exact) mass is 924 g/mol. The number of nitrogens with one attached hydrogen (secondary N) is 6. The zero-order valence-electron chi connectivity index (χ0n) is 40.8. The summed E-state index contributed by atoms with van der Waals surface area (Å²) in [5, 5.41) is 16.6. The molecule has 0 saturated heterocycles. The number of nitrogens with two attached hydrogens (primary N) is 5. The smallest absolute Gasteiger partial charge is 0.243 e. The molecule has 0 fully saturated rings. The lowest BCUT2D eigenvalue weighted by molar-refractivity contribution is -0.135. The van der Waals surface area contributed by atoms with Gasteiger partial charge in [-0.1, -0.05) is 85.0 Å². The van der Waals surface area contributed by atoms with Gasteiger partial charge in [-0.3, -0.25) is 33.6 Å². The standard InChI is InChI=1S/C47H93N11O7/c1-5-6-7-8-9-10-11-12-13-14-15-28-41(59)54-37(25-17-21-30-49)44(62)58-40(33-34(2)3)47(65)53-35(4)43(61)56-38(26-18-22-31-50)46(64)57-39(27-19-23-32-51)45(63)55-36(42(52)60)24-16-20-29-48/h34-40H,5-33,48-51H2,1-4H3,(H2,52,60)(H,53,65)(H,54,59)(H,55,63)(H,56,61)(H,57,64)(H,58,62)/t35-,36-,37-,38-,39-,40-/m0/s1. The van der Waals surface area contributed by atoms with E-state index in [1.165, 1.54) is 51.9 Å². The van der Waals surface area contributed by atoms with Gasteiger partial charge < -0.3 is 60.6 Å². The van der Waals surface area contributed by atoms with E-state index in [1.54, 1.807) is 0 Å². The van der Waals surface area contributed by atoms with Gasteiger partial charge in [-0.15, -0.1) is 0 Å². The molecule has 0 aliphatic carbocycles. The summed E-state index contributed by atoms with van der Waals surface area (Å²) in [6.45, 7) is 9.09. The molecule has 6 atom stereocenters. The van der Waals surface area contributed by atoms with E-state index in [2.05, 4.69) is 38.8 Å². The second-order valence-electron chi connectivity index (χ2n) is 18.1. The second kappa shape index (κ2) is 39.3. The number of unbranched alkanes of at least 4 members (excludes halogenated alkanes) is 14. The molecule has 18 heteroatoms. The molecule has 0 saturated carbocycles. The summed E-state index contributed by atoms with van der Waals surface area (Å²) in [5.74, 6) is -3.92. The third-order valence-corrected chi connectivity index (χ3v) is 11.5. The van der Waals surface area contributed by atoms with Crippen LogP contribution in [-0.4, -0.2) is 104 Å².